The van der Waals surface area contributed by atoms with Crippen molar-refractivity contribution in [1.29, 1.82) is 0 Å². The number of benzene rings is 1. The maximum absolute atomic E-state index is 12.8. The van der Waals surface area contributed by atoms with Crippen molar-refractivity contribution in [3.8, 4) is 5.75 Å². The Labute approximate surface area is 93.8 Å². The molecule has 4 nitrogen and oxygen atoms in total. The monoisotopic (exact) mass is 226 g/mol. The van der Waals surface area contributed by atoms with Gasteiger partial charge in [-0.05, 0) is 18.6 Å². The SMILES string of the molecule is CN(N)C(=O)CCCOc1cccc(F)c1. The van der Waals surface area contributed by atoms with Gasteiger partial charge in [0, 0.05) is 19.5 Å². The quantitative estimate of drug-likeness (QED) is 0.356. The molecular weight excluding hydrogens is 211 g/mol. The van der Waals surface area contributed by atoms with Crippen molar-refractivity contribution in [1.82, 2.24) is 5.01 Å². The lowest BCUT2D eigenvalue weighted by Gasteiger charge is -2.10. The molecule has 5 heteroatoms. The van der Waals surface area contributed by atoms with Crippen molar-refractivity contribution in [2.24, 2.45) is 5.84 Å². The van der Waals surface area contributed by atoms with Gasteiger partial charge in [-0.2, -0.15) is 0 Å². The largest absolute Gasteiger partial charge is 0.493 e. The van der Waals surface area contributed by atoms with Crippen LogP contribution in [0.5, 0.6) is 5.75 Å². The van der Waals surface area contributed by atoms with Gasteiger partial charge in [0.2, 0.25) is 5.91 Å². The summed E-state index contributed by atoms with van der Waals surface area (Å²) in [6.07, 6.45) is 0.874. The summed E-state index contributed by atoms with van der Waals surface area (Å²) in [4.78, 5) is 11.1. The zero-order chi connectivity index (χ0) is 12.0. The van der Waals surface area contributed by atoms with E-state index in [-0.39, 0.29) is 11.7 Å². The molecule has 0 aliphatic carbocycles. The number of ether oxygens (including phenoxy) is 1. The third-order valence-corrected chi connectivity index (χ3v) is 1.99. The van der Waals surface area contributed by atoms with Gasteiger partial charge in [0.25, 0.3) is 0 Å². The first-order valence-electron chi connectivity index (χ1n) is 4.99. The molecular formula is C11H15FN2O2. The molecule has 0 heterocycles. The minimum absolute atomic E-state index is 0.150. The molecule has 88 valence electrons. The van der Waals surface area contributed by atoms with Crippen molar-refractivity contribution in [3.63, 3.8) is 0 Å². The minimum Gasteiger partial charge on any atom is -0.493 e. The zero-order valence-electron chi connectivity index (χ0n) is 9.15. The highest BCUT2D eigenvalue weighted by atomic mass is 19.1. The molecule has 0 atom stereocenters. The molecule has 0 radical (unpaired) electrons. The van der Waals surface area contributed by atoms with Crippen LogP contribution in [0.1, 0.15) is 12.8 Å². The molecule has 0 spiro atoms. The fourth-order valence-electron chi connectivity index (χ4n) is 1.15. The Kier molecular flexibility index (Phi) is 4.72. The van der Waals surface area contributed by atoms with Gasteiger partial charge in [-0.25, -0.2) is 10.2 Å². The Balaban J connectivity index is 2.23. The number of amides is 1. The molecule has 2 N–H and O–H groups in total. The number of nitrogens with zero attached hydrogens (tertiary/aromatic N) is 1. The number of carbonyl (C=O) groups excluding carboxylic acids is 1. The van der Waals surface area contributed by atoms with E-state index in [2.05, 4.69) is 0 Å². The molecule has 16 heavy (non-hydrogen) atoms. The molecule has 0 fully saturated rings. The molecule has 1 amide bonds. The van der Waals surface area contributed by atoms with Crippen molar-refractivity contribution in [3.05, 3.63) is 30.1 Å². The van der Waals surface area contributed by atoms with Crippen LogP contribution in [0.2, 0.25) is 0 Å². The molecule has 1 aromatic carbocycles. The van der Waals surface area contributed by atoms with Gasteiger partial charge in [-0.1, -0.05) is 6.07 Å². The molecule has 1 aromatic rings. The number of halogens is 1. The highest BCUT2D eigenvalue weighted by molar-refractivity contribution is 5.75. The Morgan fingerprint density at radius 1 is 1.56 bits per heavy atom. The van der Waals surface area contributed by atoms with E-state index >= 15 is 0 Å². The van der Waals surface area contributed by atoms with Crippen LogP contribution in [-0.2, 0) is 4.79 Å². The van der Waals surface area contributed by atoms with Crippen LogP contribution in [0.15, 0.2) is 24.3 Å². The molecule has 0 unspecified atom stereocenters. The Hall–Kier alpha value is -1.62. The summed E-state index contributed by atoms with van der Waals surface area (Å²) < 4.78 is 18.0. The smallest absolute Gasteiger partial charge is 0.236 e. The standard InChI is InChI=1S/C11H15FN2O2/c1-14(13)11(15)6-3-7-16-10-5-2-4-9(12)8-10/h2,4-5,8H,3,6-7,13H2,1H3. The third-order valence-electron chi connectivity index (χ3n) is 1.99. The average molecular weight is 226 g/mol. The first kappa shape index (κ1) is 12.4. The molecule has 1 rings (SSSR count). The van der Waals surface area contributed by atoms with E-state index in [4.69, 9.17) is 10.6 Å². The van der Waals surface area contributed by atoms with Crippen molar-refractivity contribution in [2.45, 2.75) is 12.8 Å². The summed E-state index contributed by atoms with van der Waals surface area (Å²) in [6.45, 7) is 0.364. The highest BCUT2D eigenvalue weighted by Crippen LogP contribution is 2.12. The van der Waals surface area contributed by atoms with E-state index in [1.165, 1.54) is 19.2 Å². The molecule has 0 aliphatic rings. The third kappa shape index (κ3) is 4.27. The number of hydrogen-bond acceptors (Lipinski definition) is 3. The second kappa shape index (κ2) is 6.07. The maximum Gasteiger partial charge on any atom is 0.236 e. The number of hydrazine groups is 1. The van der Waals surface area contributed by atoms with Gasteiger partial charge >= 0.3 is 0 Å². The van der Waals surface area contributed by atoms with Crippen molar-refractivity contribution < 1.29 is 13.9 Å². The topological polar surface area (TPSA) is 55.6 Å². The lowest BCUT2D eigenvalue weighted by molar-refractivity contribution is -0.130. The maximum atomic E-state index is 12.8. The Morgan fingerprint density at radius 3 is 2.94 bits per heavy atom. The molecule has 0 bridgehead atoms. The predicted octanol–water partition coefficient (Wildman–Crippen LogP) is 1.32. The predicted molar refractivity (Wildman–Crippen MR) is 58.1 cm³/mol. The van der Waals surface area contributed by atoms with Gasteiger partial charge < -0.3 is 4.74 Å². The van der Waals surface area contributed by atoms with E-state index in [9.17, 15) is 9.18 Å². The number of carbonyl (C=O) groups is 1. The van der Waals surface area contributed by atoms with Crippen molar-refractivity contribution >= 4 is 5.91 Å². The normalized spacial score (nSPS) is 9.94. The van der Waals surface area contributed by atoms with Crippen LogP contribution in [0.4, 0.5) is 4.39 Å². The summed E-state index contributed by atoms with van der Waals surface area (Å²) in [7, 11) is 1.50. The summed E-state index contributed by atoms with van der Waals surface area (Å²) in [5, 5.41) is 1.04. The van der Waals surface area contributed by atoms with Gasteiger partial charge in [0.05, 0.1) is 6.61 Å². The van der Waals surface area contributed by atoms with Crippen LogP contribution >= 0.6 is 0 Å². The molecule has 0 saturated heterocycles. The van der Waals surface area contributed by atoms with Crippen LogP contribution in [-0.4, -0.2) is 24.6 Å². The molecule has 0 aromatic heterocycles. The van der Waals surface area contributed by atoms with Crippen molar-refractivity contribution in [2.75, 3.05) is 13.7 Å². The van der Waals surface area contributed by atoms with Crippen LogP contribution in [0.25, 0.3) is 0 Å². The van der Waals surface area contributed by atoms with Gasteiger partial charge in [-0.3, -0.25) is 9.80 Å². The number of rotatable bonds is 5. The highest BCUT2D eigenvalue weighted by Gasteiger charge is 2.03. The van der Waals surface area contributed by atoms with Crippen LogP contribution < -0.4 is 10.6 Å². The summed E-state index contributed by atoms with van der Waals surface area (Å²) in [5.74, 6) is 5.22. The fraction of sp³-hybridized carbons (Fsp3) is 0.364. The lowest BCUT2D eigenvalue weighted by Crippen LogP contribution is -2.33. The van der Waals surface area contributed by atoms with E-state index in [1.807, 2.05) is 0 Å². The van der Waals surface area contributed by atoms with Crippen LogP contribution in [0, 0.1) is 5.82 Å². The number of nitrogens with two attached hydrogens (primary N) is 1. The second-order valence-electron chi connectivity index (χ2n) is 3.41. The van der Waals surface area contributed by atoms with E-state index in [0.717, 1.165) is 5.01 Å². The van der Waals surface area contributed by atoms with Gasteiger partial charge in [0.15, 0.2) is 0 Å². The second-order valence-corrected chi connectivity index (χ2v) is 3.41. The minimum atomic E-state index is -0.338. The lowest BCUT2D eigenvalue weighted by atomic mass is 10.3. The first-order chi connectivity index (χ1) is 7.59. The van der Waals surface area contributed by atoms with E-state index in [0.29, 0.717) is 25.2 Å². The first-order valence-corrected chi connectivity index (χ1v) is 4.99. The summed E-state index contributed by atoms with van der Waals surface area (Å²) in [6, 6.07) is 5.89. The fourth-order valence-corrected chi connectivity index (χ4v) is 1.15. The van der Waals surface area contributed by atoms with Crippen LogP contribution in [0.3, 0.4) is 0 Å². The summed E-state index contributed by atoms with van der Waals surface area (Å²) in [5.41, 5.74) is 0. The number of hydrogen-bond donors (Lipinski definition) is 1. The van der Waals surface area contributed by atoms with Gasteiger partial charge in [-0.15, -0.1) is 0 Å². The van der Waals surface area contributed by atoms with E-state index < -0.39 is 0 Å². The van der Waals surface area contributed by atoms with E-state index in [1.54, 1.807) is 12.1 Å². The van der Waals surface area contributed by atoms with Gasteiger partial charge in [0.1, 0.15) is 11.6 Å². The average Bonchev–Trinajstić information content (AvgIpc) is 2.24. The Bertz CT molecular complexity index is 356. The zero-order valence-corrected chi connectivity index (χ0v) is 9.15. The molecule has 0 saturated carbocycles. The molecule has 0 aliphatic heterocycles. The summed E-state index contributed by atoms with van der Waals surface area (Å²) >= 11 is 0. The Morgan fingerprint density at radius 2 is 2.31 bits per heavy atom.